The molecule has 4 atom stereocenters. The van der Waals surface area contributed by atoms with E-state index in [9.17, 15) is 24.9 Å². The number of alkyl halides is 1. The van der Waals surface area contributed by atoms with Crippen LogP contribution in [0.4, 0.5) is 0 Å². The summed E-state index contributed by atoms with van der Waals surface area (Å²) in [4.78, 5) is 25.9. The van der Waals surface area contributed by atoms with Crippen LogP contribution >= 0.6 is 11.6 Å². The molecule has 148 valence electrons. The fraction of sp³-hybridized carbons (Fsp3) is 0.333. The lowest BCUT2D eigenvalue weighted by atomic mass is 9.81. The summed E-state index contributed by atoms with van der Waals surface area (Å²) in [6.07, 6.45) is -4.35. The first kappa shape index (κ1) is 20.6. The zero-order valence-electron chi connectivity index (χ0n) is 15.4. The van der Waals surface area contributed by atoms with Gasteiger partial charge in [0, 0.05) is 11.1 Å². The van der Waals surface area contributed by atoms with E-state index in [2.05, 4.69) is 0 Å². The highest BCUT2D eigenvalue weighted by molar-refractivity contribution is 6.22. The van der Waals surface area contributed by atoms with Gasteiger partial charge in [-0.25, -0.2) is 0 Å². The van der Waals surface area contributed by atoms with Gasteiger partial charge in [0.05, 0.1) is 6.42 Å². The number of ketones is 2. The van der Waals surface area contributed by atoms with E-state index in [1.807, 2.05) is 0 Å². The normalized spacial score (nSPS) is 28.1. The van der Waals surface area contributed by atoms with E-state index in [1.165, 1.54) is 12.1 Å². The van der Waals surface area contributed by atoms with Gasteiger partial charge in [0.2, 0.25) is 5.25 Å². The molecule has 1 heterocycles. The van der Waals surface area contributed by atoms with Crippen LogP contribution in [0.5, 0.6) is 0 Å². The number of benzene rings is 2. The number of aryl methyl sites for hydroxylation is 2. The third-order valence-corrected chi connectivity index (χ3v) is 5.24. The van der Waals surface area contributed by atoms with Gasteiger partial charge in [-0.1, -0.05) is 60.1 Å². The molecule has 1 saturated heterocycles. The molecule has 0 spiro atoms. The van der Waals surface area contributed by atoms with Crippen LogP contribution in [-0.4, -0.2) is 49.9 Å². The van der Waals surface area contributed by atoms with E-state index in [1.54, 1.807) is 50.2 Å². The molecule has 7 heteroatoms. The Balaban J connectivity index is 2.00. The van der Waals surface area contributed by atoms with Crippen molar-refractivity contribution in [1.82, 2.24) is 0 Å². The third-order valence-electron chi connectivity index (χ3n) is 5.01. The number of aliphatic hydroxyl groups is 3. The number of Topliss-reactive ketones (excluding diaryl/α,β-unsaturated/α-hetero) is 2. The molecule has 28 heavy (non-hydrogen) atoms. The van der Waals surface area contributed by atoms with Gasteiger partial charge >= 0.3 is 0 Å². The Bertz CT molecular complexity index is 925. The van der Waals surface area contributed by atoms with E-state index >= 15 is 0 Å². The molecule has 0 saturated carbocycles. The Hall–Kier alpha value is -2.09. The molecule has 0 aromatic heterocycles. The lowest BCUT2D eigenvalue weighted by Crippen LogP contribution is -2.54. The van der Waals surface area contributed by atoms with Crippen LogP contribution < -0.4 is 0 Å². The maximum absolute atomic E-state index is 13.1. The minimum absolute atomic E-state index is 0.184. The van der Waals surface area contributed by atoms with E-state index in [-0.39, 0.29) is 11.1 Å². The molecule has 0 aliphatic carbocycles. The van der Waals surface area contributed by atoms with Gasteiger partial charge < -0.3 is 20.1 Å². The van der Waals surface area contributed by atoms with Gasteiger partial charge in [-0.2, -0.15) is 0 Å². The lowest BCUT2D eigenvalue weighted by Gasteiger charge is -2.30. The lowest BCUT2D eigenvalue weighted by molar-refractivity contribution is -0.154. The molecule has 3 rings (SSSR count). The molecule has 0 amide bonds. The summed E-state index contributed by atoms with van der Waals surface area (Å²) in [5.41, 5.74) is -0.790. The summed E-state index contributed by atoms with van der Waals surface area (Å²) in [6.45, 7) is 3.38. The summed E-state index contributed by atoms with van der Waals surface area (Å²) >= 11 is 5.84. The monoisotopic (exact) mass is 404 g/mol. The smallest absolute Gasteiger partial charge is 0.249 e. The largest absolute Gasteiger partial charge is 0.382 e. The first-order valence-electron chi connectivity index (χ1n) is 8.76. The molecule has 0 bridgehead atoms. The molecule has 6 nitrogen and oxygen atoms in total. The maximum atomic E-state index is 13.1. The Kier molecular flexibility index (Phi) is 5.44. The predicted octanol–water partition coefficient (Wildman–Crippen LogP) is 2.13. The predicted molar refractivity (Wildman–Crippen MR) is 102 cm³/mol. The average Bonchev–Trinajstić information content (AvgIpc) is 2.91. The van der Waals surface area contributed by atoms with E-state index in [4.69, 9.17) is 16.3 Å². The molecule has 2 aromatic rings. The Morgan fingerprint density at radius 3 is 2.07 bits per heavy atom. The molecule has 1 aliphatic rings. The average molecular weight is 405 g/mol. The highest BCUT2D eigenvalue weighted by atomic mass is 35.5. The topological polar surface area (TPSA) is 104 Å². The van der Waals surface area contributed by atoms with E-state index in [0.717, 1.165) is 0 Å². The number of hydrogen-bond acceptors (Lipinski definition) is 6. The maximum Gasteiger partial charge on any atom is 0.249 e. The van der Waals surface area contributed by atoms with Crippen LogP contribution in [0.1, 0.15) is 38.3 Å². The number of carbonyl (C=O) groups is 2. The molecular formula is C21H21ClO6. The molecule has 0 radical (unpaired) electrons. The SMILES string of the molecule is Cc1ccccc1C(=O)C(O)[C@@H]1O[C@](O)(Cl)C[C@]1(O)C(=O)c1ccccc1C. The summed E-state index contributed by atoms with van der Waals surface area (Å²) in [5.74, 6) is -1.53. The molecule has 1 aliphatic heterocycles. The quantitative estimate of drug-likeness (QED) is 0.521. The molecular weight excluding hydrogens is 384 g/mol. The number of ether oxygens (including phenoxy) is 1. The second-order valence-corrected chi connectivity index (χ2v) is 7.69. The summed E-state index contributed by atoms with van der Waals surface area (Å²) in [5, 5.41) is 29.5. The van der Waals surface area contributed by atoms with Crippen molar-refractivity contribution < 1.29 is 29.6 Å². The fourth-order valence-corrected chi connectivity index (χ4v) is 3.81. The third kappa shape index (κ3) is 3.62. The first-order valence-corrected chi connectivity index (χ1v) is 9.14. The van der Waals surface area contributed by atoms with Crippen LogP contribution in [-0.2, 0) is 4.74 Å². The van der Waals surface area contributed by atoms with Crippen LogP contribution in [0.15, 0.2) is 48.5 Å². The second-order valence-electron chi connectivity index (χ2n) is 7.10. The minimum atomic E-state index is -2.40. The molecule has 2 aromatic carbocycles. The number of carbonyl (C=O) groups excluding carboxylic acids is 2. The number of aliphatic hydroxyl groups excluding tert-OH is 1. The van der Waals surface area contributed by atoms with Gasteiger partial charge in [-0.3, -0.25) is 9.59 Å². The second kappa shape index (κ2) is 7.39. The van der Waals surface area contributed by atoms with Gasteiger partial charge in [0.25, 0.3) is 0 Å². The summed E-state index contributed by atoms with van der Waals surface area (Å²) in [7, 11) is 0. The van der Waals surface area contributed by atoms with Gasteiger partial charge in [-0.15, -0.1) is 0 Å². The number of hydrogen-bond donors (Lipinski definition) is 3. The van der Waals surface area contributed by atoms with Crippen molar-refractivity contribution in [3.8, 4) is 0 Å². The standard InChI is InChI=1S/C21H21ClO6/c1-12-7-3-5-9-14(12)16(23)17(24)19-20(26,11-21(22,27)28-19)18(25)15-10-6-4-8-13(15)2/h3-10,17,19,24,26-27H,11H2,1-2H3/t17?,19-,20-,21-/m0/s1. The summed E-state index contributed by atoms with van der Waals surface area (Å²) < 4.78 is 5.17. The van der Waals surface area contributed by atoms with Crippen molar-refractivity contribution in [3.63, 3.8) is 0 Å². The van der Waals surface area contributed by atoms with Crippen LogP contribution in [0.2, 0.25) is 0 Å². The van der Waals surface area contributed by atoms with Crippen LogP contribution in [0, 0.1) is 13.8 Å². The molecule has 3 N–H and O–H groups in total. The van der Waals surface area contributed by atoms with Crippen molar-refractivity contribution in [2.24, 2.45) is 0 Å². The van der Waals surface area contributed by atoms with E-state index in [0.29, 0.717) is 11.1 Å². The highest BCUT2D eigenvalue weighted by Crippen LogP contribution is 2.43. The van der Waals surface area contributed by atoms with Crippen LogP contribution in [0.25, 0.3) is 0 Å². The highest BCUT2D eigenvalue weighted by Gasteiger charge is 2.62. The molecule has 1 fully saturated rings. The molecule has 1 unspecified atom stereocenters. The van der Waals surface area contributed by atoms with Gasteiger partial charge in [0.15, 0.2) is 17.2 Å². The van der Waals surface area contributed by atoms with Crippen LogP contribution in [0.3, 0.4) is 0 Å². The van der Waals surface area contributed by atoms with Crippen molar-refractivity contribution in [1.29, 1.82) is 0 Å². The fourth-order valence-electron chi connectivity index (χ4n) is 3.51. The Morgan fingerprint density at radius 2 is 1.54 bits per heavy atom. The van der Waals surface area contributed by atoms with Gasteiger partial charge in [-0.05, 0) is 25.0 Å². The zero-order valence-corrected chi connectivity index (χ0v) is 16.2. The minimum Gasteiger partial charge on any atom is -0.382 e. The van der Waals surface area contributed by atoms with Crippen molar-refractivity contribution in [2.45, 2.75) is 43.3 Å². The van der Waals surface area contributed by atoms with Crippen molar-refractivity contribution in [2.75, 3.05) is 0 Å². The first-order chi connectivity index (χ1) is 13.1. The summed E-state index contributed by atoms with van der Waals surface area (Å²) in [6, 6.07) is 13.1. The Labute approximate surface area is 167 Å². The number of halogens is 1. The zero-order chi connectivity index (χ0) is 20.7. The van der Waals surface area contributed by atoms with Crippen molar-refractivity contribution >= 4 is 23.2 Å². The number of rotatable bonds is 5. The van der Waals surface area contributed by atoms with Crippen molar-refractivity contribution in [3.05, 3.63) is 70.8 Å². The Morgan fingerprint density at radius 1 is 1.04 bits per heavy atom. The van der Waals surface area contributed by atoms with E-state index < -0.39 is 41.0 Å². The van der Waals surface area contributed by atoms with Gasteiger partial charge in [0.1, 0.15) is 12.2 Å².